The monoisotopic (exact) mass is 119 g/mol. The second-order valence-corrected chi connectivity index (χ2v) is 2.06. The van der Waals surface area contributed by atoms with E-state index in [1.807, 2.05) is 0 Å². The molecule has 4 N–H and O–H groups in total. The molecule has 0 aromatic heterocycles. The summed E-state index contributed by atoms with van der Waals surface area (Å²) < 4.78 is 0. The van der Waals surface area contributed by atoms with Crippen LogP contribution in [0.5, 0.6) is 0 Å². The molecule has 0 aliphatic heterocycles. The molecule has 0 fully saturated rings. The fourth-order valence-corrected chi connectivity index (χ4v) is 0. The quantitative estimate of drug-likeness (QED) is 0.466. The van der Waals surface area contributed by atoms with Gasteiger partial charge in [0.2, 0.25) is 0 Å². The zero-order chi connectivity index (χ0) is 4.50. The van der Waals surface area contributed by atoms with Gasteiger partial charge in [0.25, 0.3) is 0 Å². The Labute approximate surface area is 33.5 Å². The molecule has 0 aliphatic carbocycles. The molecule has 5 heteroatoms. The van der Waals surface area contributed by atoms with Crippen LogP contribution in [0, 0.1) is 0 Å². The summed E-state index contributed by atoms with van der Waals surface area (Å²) in [4.78, 5) is 24.2. The summed E-state index contributed by atoms with van der Waals surface area (Å²) in [5.74, 6) is 0. The van der Waals surface area contributed by atoms with Gasteiger partial charge in [0.05, 0.1) is 0 Å². The van der Waals surface area contributed by atoms with Gasteiger partial charge in [-0.25, -0.2) is 0 Å². The van der Waals surface area contributed by atoms with Crippen LogP contribution >= 0.6 is 0 Å². The number of hydrogen-bond donors (Lipinski definition) is 0. The van der Waals surface area contributed by atoms with Gasteiger partial charge in [-0.2, -0.15) is 0 Å². The van der Waals surface area contributed by atoms with Crippen LogP contribution < -0.4 is 0 Å². The van der Waals surface area contributed by atoms with Crippen molar-refractivity contribution in [2.45, 2.75) is 0 Å². The van der Waals surface area contributed by atoms with Gasteiger partial charge in [-0.3, -0.25) is 0 Å². The van der Waals surface area contributed by atoms with Crippen molar-refractivity contribution in [1.82, 2.24) is 0 Å². The molecule has 0 bridgehead atoms. The predicted octanol–water partition coefficient (Wildman–Crippen LogP) is 2.01. The van der Waals surface area contributed by atoms with E-state index in [1.54, 1.807) is 0 Å². The molecule has 5 heavy (non-hydrogen) atoms. The van der Waals surface area contributed by atoms with Crippen LogP contribution in [0.3, 0.4) is 0 Å². The molecule has 0 spiro atoms. The molecule has 0 unspecified atom stereocenters. The maximum atomic E-state index is 6.05. The van der Waals surface area contributed by atoms with Crippen LogP contribution in [0.4, 0.5) is 0 Å². The second kappa shape index (κ2) is 1.21. The first-order chi connectivity index (χ1) is 2.00. The first-order valence-electron chi connectivity index (χ1n) is 0.667. The van der Waals surface area contributed by atoms with E-state index in [9.17, 15) is 0 Å². The van der Waals surface area contributed by atoms with E-state index in [1.165, 1.54) is 0 Å². The Morgan fingerprint density at radius 1 is 0.800 bits per heavy atom. The van der Waals surface area contributed by atoms with Crippen molar-refractivity contribution < 1.29 is 13.5 Å². The van der Waals surface area contributed by atoms with Gasteiger partial charge >= 0.3 is 32.6 Å². The number of nitrogens with one attached hydrogen (secondary N) is 4. The van der Waals surface area contributed by atoms with Crippen LogP contribution in [-0.2, 0) is 13.5 Å². The van der Waals surface area contributed by atoms with Gasteiger partial charge in [-0.1, -0.05) is 0 Å². The zero-order valence-electron chi connectivity index (χ0n) is 2.33. The van der Waals surface area contributed by atoms with Crippen molar-refractivity contribution in [3.63, 3.8) is 0 Å². The standard InChI is InChI=1S/Co.4HN/h;4*1H/q;4*-1. The van der Waals surface area contributed by atoms with Crippen molar-refractivity contribution >= 4 is 0 Å². The molecule has 0 aromatic rings. The van der Waals surface area contributed by atoms with E-state index in [2.05, 4.69) is 0 Å². The molecule has 0 saturated carbocycles. The van der Waals surface area contributed by atoms with Gasteiger partial charge in [0.15, 0.2) is 0 Å². The molecule has 0 aliphatic rings. The van der Waals surface area contributed by atoms with Gasteiger partial charge in [-0.15, -0.1) is 0 Å². The number of hydrogen-bond acceptors (Lipinski definition) is 0. The molecule has 0 radical (unpaired) electrons. The van der Waals surface area contributed by atoms with Gasteiger partial charge < -0.3 is 0 Å². The average molecular weight is 119 g/mol. The van der Waals surface area contributed by atoms with Crippen molar-refractivity contribution in [2.75, 3.05) is 0 Å². The zero-order valence-corrected chi connectivity index (χ0v) is 3.37. The third-order valence-corrected chi connectivity index (χ3v) is 0. The Kier molecular flexibility index (Phi) is 1.29. The molecule has 0 rings (SSSR count). The minimum atomic E-state index is -3.38. The molecule has 0 atom stereocenters. The molecular weight excluding hydrogens is 115 g/mol. The van der Waals surface area contributed by atoms with E-state index in [0.717, 1.165) is 0 Å². The Hall–Kier alpha value is 0.346. The number of rotatable bonds is 0. The molecule has 4 nitrogen and oxygen atoms in total. The van der Waals surface area contributed by atoms with E-state index >= 15 is 0 Å². The minimum absolute atomic E-state index is 3.38. The normalized spacial score (nSPS) is 15.2. The molecule has 0 saturated heterocycles. The van der Waals surface area contributed by atoms with Gasteiger partial charge in [0.1, 0.15) is 0 Å². The average Bonchev–Trinajstić information content (AvgIpc) is 0.722. The van der Waals surface area contributed by atoms with Crippen LogP contribution in [0.15, 0.2) is 0 Å². The third-order valence-electron chi connectivity index (χ3n) is 0. The predicted molar refractivity (Wildman–Crippen MR) is 17.3 cm³/mol. The molecule has 0 amide bonds. The Bertz CT molecular complexity index is 19.1. The molecule has 37 valence electrons. The summed E-state index contributed by atoms with van der Waals surface area (Å²) in [5.41, 5.74) is 0. The second-order valence-electron chi connectivity index (χ2n) is 0.500. The summed E-state index contributed by atoms with van der Waals surface area (Å²) in [6.07, 6.45) is 0. The fourth-order valence-electron chi connectivity index (χ4n) is 0. The van der Waals surface area contributed by atoms with Crippen molar-refractivity contribution in [2.24, 2.45) is 0 Å². The van der Waals surface area contributed by atoms with E-state index < -0.39 is 13.5 Å². The van der Waals surface area contributed by atoms with Crippen LogP contribution in [0.2, 0.25) is 0 Å². The van der Waals surface area contributed by atoms with Crippen molar-refractivity contribution in [3.8, 4) is 0 Å². The Morgan fingerprint density at radius 3 is 0.800 bits per heavy atom. The van der Waals surface area contributed by atoms with Gasteiger partial charge in [-0.05, 0) is 0 Å². The molecule has 0 aromatic carbocycles. The third kappa shape index (κ3) is 199. The first-order valence-corrected chi connectivity index (χ1v) is 2.75. The summed E-state index contributed by atoms with van der Waals surface area (Å²) in [6.45, 7) is 0. The SMILES string of the molecule is [NH-][Co]([NH-])([NH-])[NH-]. The summed E-state index contributed by atoms with van der Waals surface area (Å²) in [7, 11) is 0. The van der Waals surface area contributed by atoms with Crippen LogP contribution in [0.25, 0.3) is 19.1 Å². The summed E-state index contributed by atoms with van der Waals surface area (Å²) >= 11 is -3.38. The van der Waals surface area contributed by atoms with Crippen molar-refractivity contribution in [1.29, 1.82) is 0 Å². The maximum absolute atomic E-state index is 6.05. The Morgan fingerprint density at radius 2 is 0.800 bits per heavy atom. The molecular formula is H4CoN4-4. The molecule has 0 heterocycles. The summed E-state index contributed by atoms with van der Waals surface area (Å²) in [6, 6.07) is 0. The summed E-state index contributed by atoms with van der Waals surface area (Å²) in [5, 5.41) is 0. The Balaban J connectivity index is 3.02. The van der Waals surface area contributed by atoms with Crippen LogP contribution in [-0.4, -0.2) is 0 Å². The van der Waals surface area contributed by atoms with Crippen LogP contribution in [0.1, 0.15) is 0 Å². The van der Waals surface area contributed by atoms with Crippen molar-refractivity contribution in [3.05, 3.63) is 19.1 Å². The topological polar surface area (TPSA) is 95.2 Å². The van der Waals surface area contributed by atoms with E-state index in [-0.39, 0.29) is 0 Å². The fraction of sp³-hybridized carbons (Fsp3) is 0. The van der Waals surface area contributed by atoms with E-state index in [0.29, 0.717) is 0 Å². The van der Waals surface area contributed by atoms with Gasteiger partial charge in [0, 0.05) is 0 Å². The van der Waals surface area contributed by atoms with E-state index in [4.69, 9.17) is 19.1 Å². The first kappa shape index (κ1) is 5.35.